The second-order valence-corrected chi connectivity index (χ2v) is 5.00. The van der Waals surface area contributed by atoms with E-state index in [0.717, 1.165) is 11.1 Å². The van der Waals surface area contributed by atoms with Crippen LogP contribution in [0.3, 0.4) is 0 Å². The number of methoxy groups -OCH3 is 1. The van der Waals surface area contributed by atoms with Crippen molar-refractivity contribution < 1.29 is 9.53 Å². The molecule has 0 saturated heterocycles. The number of carbonyl (C=O) groups excluding carboxylic acids is 1. The van der Waals surface area contributed by atoms with E-state index in [9.17, 15) is 4.79 Å². The van der Waals surface area contributed by atoms with Crippen LogP contribution in [0.5, 0.6) is 5.75 Å². The number of carbonyl (C=O) groups is 1. The third-order valence-corrected chi connectivity index (χ3v) is 3.00. The van der Waals surface area contributed by atoms with Crippen molar-refractivity contribution >= 4 is 11.6 Å². The van der Waals surface area contributed by atoms with Gasteiger partial charge >= 0.3 is 0 Å². The van der Waals surface area contributed by atoms with E-state index >= 15 is 0 Å². The van der Waals surface area contributed by atoms with Gasteiger partial charge in [0.15, 0.2) is 0 Å². The van der Waals surface area contributed by atoms with Crippen LogP contribution < -0.4 is 10.1 Å². The van der Waals surface area contributed by atoms with Gasteiger partial charge in [-0.3, -0.25) is 4.79 Å². The summed E-state index contributed by atoms with van der Waals surface area (Å²) in [7, 11) is 1.56. The number of nitriles is 1. The number of hydrogen-bond acceptors (Lipinski definition) is 3. The van der Waals surface area contributed by atoms with E-state index in [1.807, 2.05) is 45.9 Å². The minimum absolute atomic E-state index is 0.0262. The molecule has 0 aliphatic heterocycles. The molecule has 0 aliphatic rings. The number of hydrogen-bond donors (Lipinski definition) is 1. The Labute approximate surface area is 114 Å². The molecule has 0 bridgehead atoms. The number of nitrogens with zero attached hydrogens (tertiary/aromatic N) is 1. The normalized spacial score (nSPS) is 11.8. The van der Waals surface area contributed by atoms with Gasteiger partial charge in [-0.2, -0.15) is 5.26 Å². The summed E-state index contributed by atoms with van der Waals surface area (Å²) in [5, 5.41) is 11.8. The number of ether oxygens (including phenoxy) is 1. The standard InChI is InChI=1S/C15H20N2O2/c1-9(2)12(8-16)15(18)17-14-11(4)6-10(3)7-13(14)19-5/h6-7,9,12H,1-5H3,(H,17,18). The van der Waals surface area contributed by atoms with E-state index in [-0.39, 0.29) is 11.8 Å². The lowest BCUT2D eigenvalue weighted by Crippen LogP contribution is -2.26. The van der Waals surface area contributed by atoms with E-state index < -0.39 is 5.92 Å². The van der Waals surface area contributed by atoms with Gasteiger partial charge in [0.2, 0.25) is 5.91 Å². The minimum Gasteiger partial charge on any atom is -0.495 e. The summed E-state index contributed by atoms with van der Waals surface area (Å²) < 4.78 is 5.28. The Kier molecular flexibility index (Phi) is 4.94. The number of rotatable bonds is 4. The summed E-state index contributed by atoms with van der Waals surface area (Å²) in [6, 6.07) is 5.86. The molecule has 1 unspecified atom stereocenters. The highest BCUT2D eigenvalue weighted by atomic mass is 16.5. The molecule has 0 aromatic heterocycles. The van der Waals surface area contributed by atoms with Crippen LogP contribution in [-0.4, -0.2) is 13.0 Å². The maximum absolute atomic E-state index is 12.1. The van der Waals surface area contributed by atoms with Crippen LogP contribution in [0.4, 0.5) is 5.69 Å². The van der Waals surface area contributed by atoms with E-state index in [4.69, 9.17) is 10.00 Å². The topological polar surface area (TPSA) is 62.1 Å². The molecule has 1 rings (SSSR count). The Bertz CT molecular complexity index is 516. The molecule has 0 saturated carbocycles. The Morgan fingerprint density at radius 3 is 2.47 bits per heavy atom. The largest absolute Gasteiger partial charge is 0.495 e. The number of benzene rings is 1. The van der Waals surface area contributed by atoms with Crippen LogP contribution >= 0.6 is 0 Å². The predicted molar refractivity (Wildman–Crippen MR) is 75.0 cm³/mol. The van der Waals surface area contributed by atoms with Gasteiger partial charge < -0.3 is 10.1 Å². The van der Waals surface area contributed by atoms with E-state index in [1.165, 1.54) is 0 Å². The monoisotopic (exact) mass is 260 g/mol. The Hall–Kier alpha value is -2.02. The summed E-state index contributed by atoms with van der Waals surface area (Å²) in [6.07, 6.45) is 0. The fourth-order valence-electron chi connectivity index (χ4n) is 1.96. The molecule has 1 amide bonds. The third-order valence-electron chi connectivity index (χ3n) is 3.00. The summed E-state index contributed by atoms with van der Waals surface area (Å²) >= 11 is 0. The van der Waals surface area contributed by atoms with Gasteiger partial charge in [-0.1, -0.05) is 19.9 Å². The molecule has 4 nitrogen and oxygen atoms in total. The van der Waals surface area contributed by atoms with Crippen molar-refractivity contribution in [3.8, 4) is 11.8 Å². The molecule has 19 heavy (non-hydrogen) atoms. The number of anilines is 1. The van der Waals surface area contributed by atoms with Crippen molar-refractivity contribution in [2.75, 3.05) is 12.4 Å². The first-order chi connectivity index (χ1) is 8.90. The number of amides is 1. The molecule has 0 aliphatic carbocycles. The lowest BCUT2D eigenvalue weighted by atomic mass is 9.96. The fourth-order valence-corrected chi connectivity index (χ4v) is 1.96. The van der Waals surface area contributed by atoms with E-state index in [2.05, 4.69) is 5.32 Å². The molecule has 102 valence electrons. The summed E-state index contributed by atoms with van der Waals surface area (Å²) in [5.74, 6) is -0.360. The lowest BCUT2D eigenvalue weighted by Gasteiger charge is -2.17. The maximum Gasteiger partial charge on any atom is 0.242 e. The highest BCUT2D eigenvalue weighted by Crippen LogP contribution is 2.30. The molecule has 0 spiro atoms. The fraction of sp³-hybridized carbons (Fsp3) is 0.467. The third kappa shape index (κ3) is 3.47. The predicted octanol–water partition coefficient (Wildman–Crippen LogP) is 3.05. The molecule has 1 aromatic carbocycles. The van der Waals surface area contributed by atoms with Crippen LogP contribution in [0.2, 0.25) is 0 Å². The molecule has 1 N–H and O–H groups in total. The van der Waals surface area contributed by atoms with Gasteiger partial charge in [0.25, 0.3) is 0 Å². The first kappa shape index (κ1) is 15.0. The van der Waals surface area contributed by atoms with Gasteiger partial charge in [-0.25, -0.2) is 0 Å². The molecular formula is C15H20N2O2. The number of nitrogens with one attached hydrogen (secondary N) is 1. The first-order valence-electron chi connectivity index (χ1n) is 6.26. The van der Waals surface area contributed by atoms with Gasteiger partial charge in [-0.05, 0) is 37.0 Å². The average Bonchev–Trinajstić information content (AvgIpc) is 2.32. The van der Waals surface area contributed by atoms with E-state index in [0.29, 0.717) is 11.4 Å². The summed E-state index contributed by atoms with van der Waals surface area (Å²) in [6.45, 7) is 7.58. The quantitative estimate of drug-likeness (QED) is 0.905. The lowest BCUT2D eigenvalue weighted by molar-refractivity contribution is -0.119. The van der Waals surface area contributed by atoms with Crippen molar-refractivity contribution in [1.29, 1.82) is 5.26 Å². The highest BCUT2D eigenvalue weighted by molar-refractivity contribution is 5.96. The minimum atomic E-state index is -0.662. The van der Waals surface area contributed by atoms with Crippen LogP contribution in [0.1, 0.15) is 25.0 Å². The van der Waals surface area contributed by atoms with Gasteiger partial charge in [0.05, 0.1) is 18.9 Å². The highest BCUT2D eigenvalue weighted by Gasteiger charge is 2.23. The summed E-state index contributed by atoms with van der Waals surface area (Å²) in [5.41, 5.74) is 2.62. The van der Waals surface area contributed by atoms with Gasteiger partial charge in [0, 0.05) is 0 Å². The van der Waals surface area contributed by atoms with Crippen molar-refractivity contribution in [3.63, 3.8) is 0 Å². The van der Waals surface area contributed by atoms with Crippen molar-refractivity contribution in [1.82, 2.24) is 0 Å². The zero-order valence-corrected chi connectivity index (χ0v) is 12.1. The SMILES string of the molecule is COc1cc(C)cc(C)c1NC(=O)C(C#N)C(C)C. The van der Waals surface area contributed by atoms with Gasteiger partial charge in [0.1, 0.15) is 11.7 Å². The van der Waals surface area contributed by atoms with Gasteiger partial charge in [-0.15, -0.1) is 0 Å². The molecular weight excluding hydrogens is 240 g/mol. The number of aryl methyl sites for hydroxylation is 2. The van der Waals surface area contributed by atoms with Crippen LogP contribution in [0, 0.1) is 37.0 Å². The second-order valence-electron chi connectivity index (χ2n) is 5.00. The summed E-state index contributed by atoms with van der Waals surface area (Å²) in [4.78, 5) is 12.1. The molecule has 0 fully saturated rings. The maximum atomic E-state index is 12.1. The Balaban J connectivity index is 3.06. The smallest absolute Gasteiger partial charge is 0.242 e. The van der Waals surface area contributed by atoms with Crippen LogP contribution in [0.15, 0.2) is 12.1 Å². The van der Waals surface area contributed by atoms with Crippen molar-refractivity contribution in [3.05, 3.63) is 23.3 Å². The average molecular weight is 260 g/mol. The Morgan fingerprint density at radius 2 is 2.00 bits per heavy atom. The molecule has 0 radical (unpaired) electrons. The molecule has 0 heterocycles. The molecule has 1 aromatic rings. The van der Waals surface area contributed by atoms with Crippen LogP contribution in [0.25, 0.3) is 0 Å². The first-order valence-corrected chi connectivity index (χ1v) is 6.26. The van der Waals surface area contributed by atoms with Crippen molar-refractivity contribution in [2.24, 2.45) is 11.8 Å². The Morgan fingerprint density at radius 1 is 1.37 bits per heavy atom. The molecule has 1 atom stereocenters. The van der Waals surface area contributed by atoms with E-state index in [1.54, 1.807) is 7.11 Å². The second kappa shape index (κ2) is 6.24. The zero-order chi connectivity index (χ0) is 14.6. The van der Waals surface area contributed by atoms with Crippen LogP contribution in [-0.2, 0) is 4.79 Å². The zero-order valence-electron chi connectivity index (χ0n) is 12.1. The van der Waals surface area contributed by atoms with Crippen molar-refractivity contribution in [2.45, 2.75) is 27.7 Å². The molecule has 4 heteroatoms.